The predicted octanol–water partition coefficient (Wildman–Crippen LogP) is 2.11. The summed E-state index contributed by atoms with van der Waals surface area (Å²) in [6.45, 7) is 0.0700. The molecule has 8 heteroatoms. The molecule has 2 heterocycles. The molecule has 0 spiro atoms. The van der Waals surface area contributed by atoms with Crippen LogP contribution in [0.25, 0.3) is 0 Å². The van der Waals surface area contributed by atoms with Crippen LogP contribution in [0.1, 0.15) is 25.6 Å². The molecule has 26 heavy (non-hydrogen) atoms. The van der Waals surface area contributed by atoms with Crippen molar-refractivity contribution in [3.63, 3.8) is 0 Å². The van der Waals surface area contributed by atoms with Crippen LogP contribution in [-0.2, 0) is 16.1 Å². The van der Waals surface area contributed by atoms with Crippen LogP contribution in [0, 0.1) is 0 Å². The first kappa shape index (κ1) is 17.6. The predicted molar refractivity (Wildman–Crippen MR) is 94.8 cm³/mol. The van der Waals surface area contributed by atoms with Gasteiger partial charge in [0.15, 0.2) is 6.61 Å². The summed E-state index contributed by atoms with van der Waals surface area (Å²) in [6, 6.07) is 12.0. The van der Waals surface area contributed by atoms with Gasteiger partial charge in [0.1, 0.15) is 0 Å². The topological polar surface area (TPSA) is 90.3 Å². The normalized spacial score (nSPS) is 10.3. The van der Waals surface area contributed by atoms with Crippen molar-refractivity contribution < 1.29 is 19.1 Å². The van der Waals surface area contributed by atoms with Crippen molar-refractivity contribution >= 4 is 29.1 Å². The highest BCUT2D eigenvalue weighted by atomic mass is 32.1. The third kappa shape index (κ3) is 4.64. The van der Waals surface area contributed by atoms with Crippen LogP contribution < -0.4 is 5.32 Å². The summed E-state index contributed by atoms with van der Waals surface area (Å²) in [5.41, 5.74) is 1.30. The number of nitrogens with zero attached hydrogens (tertiary/aromatic N) is 2. The number of esters is 1. The molecule has 0 atom stereocenters. The Morgan fingerprint density at radius 3 is 2.58 bits per heavy atom. The molecule has 0 fully saturated rings. The summed E-state index contributed by atoms with van der Waals surface area (Å²) in [4.78, 5) is 35.8. The number of hydrogen-bond donors (Lipinski definition) is 1. The number of carbonyl (C=O) groups is 3. The number of carbonyl (C=O) groups excluding carboxylic acids is 3. The first-order valence-corrected chi connectivity index (χ1v) is 8.61. The molecule has 3 aromatic rings. The molecule has 132 valence electrons. The Morgan fingerprint density at radius 2 is 1.92 bits per heavy atom. The minimum absolute atomic E-state index is 0.326. The van der Waals surface area contributed by atoms with Crippen molar-refractivity contribution in [3.8, 4) is 0 Å². The quantitative estimate of drug-likeness (QED) is 0.672. The van der Waals surface area contributed by atoms with Gasteiger partial charge < -0.3 is 4.74 Å². The van der Waals surface area contributed by atoms with E-state index >= 15 is 0 Å². The molecule has 3 rings (SSSR count). The van der Waals surface area contributed by atoms with Gasteiger partial charge in [-0.15, -0.1) is 11.3 Å². The number of benzene rings is 1. The Bertz CT molecular complexity index is 887. The SMILES string of the molecule is O=C(COC(=O)c1ccc(Cn2cccn2)cc1)NC(=O)c1cccs1. The number of rotatable bonds is 6. The van der Waals surface area contributed by atoms with E-state index in [9.17, 15) is 14.4 Å². The van der Waals surface area contributed by atoms with Crippen LogP contribution in [0.4, 0.5) is 0 Å². The molecular weight excluding hydrogens is 354 g/mol. The van der Waals surface area contributed by atoms with Crippen LogP contribution in [0.5, 0.6) is 0 Å². The number of hydrogen-bond acceptors (Lipinski definition) is 6. The first-order chi connectivity index (χ1) is 12.6. The Kier molecular flexibility index (Phi) is 5.55. The maximum absolute atomic E-state index is 12.0. The van der Waals surface area contributed by atoms with Crippen molar-refractivity contribution in [2.75, 3.05) is 6.61 Å². The van der Waals surface area contributed by atoms with Gasteiger partial charge in [-0.1, -0.05) is 18.2 Å². The first-order valence-electron chi connectivity index (χ1n) is 7.73. The fourth-order valence-electron chi connectivity index (χ4n) is 2.17. The minimum Gasteiger partial charge on any atom is -0.452 e. The third-order valence-electron chi connectivity index (χ3n) is 3.43. The highest BCUT2D eigenvalue weighted by molar-refractivity contribution is 7.12. The molecule has 0 aliphatic heterocycles. The lowest BCUT2D eigenvalue weighted by molar-refractivity contribution is -0.123. The number of thiophene rings is 1. The lowest BCUT2D eigenvalue weighted by Gasteiger charge is -2.06. The lowest BCUT2D eigenvalue weighted by Crippen LogP contribution is -2.33. The van der Waals surface area contributed by atoms with Crippen LogP contribution in [0.3, 0.4) is 0 Å². The van der Waals surface area contributed by atoms with Gasteiger partial charge in [0.25, 0.3) is 11.8 Å². The Labute approximate surface area is 153 Å². The summed E-state index contributed by atoms with van der Waals surface area (Å²) in [7, 11) is 0. The molecule has 0 radical (unpaired) electrons. The Hall–Kier alpha value is -3.26. The van der Waals surface area contributed by atoms with E-state index in [4.69, 9.17) is 4.74 Å². The van der Waals surface area contributed by atoms with Gasteiger partial charge in [-0.2, -0.15) is 5.10 Å². The average Bonchev–Trinajstić information content (AvgIpc) is 3.34. The van der Waals surface area contributed by atoms with Crippen molar-refractivity contribution in [2.45, 2.75) is 6.54 Å². The van der Waals surface area contributed by atoms with E-state index in [1.807, 2.05) is 12.3 Å². The zero-order chi connectivity index (χ0) is 18.4. The van der Waals surface area contributed by atoms with Gasteiger partial charge in [0.2, 0.25) is 0 Å². The maximum atomic E-state index is 12.0. The number of imide groups is 1. The second kappa shape index (κ2) is 8.21. The number of ether oxygens (including phenoxy) is 1. The van der Waals surface area contributed by atoms with Crippen molar-refractivity contribution in [1.82, 2.24) is 15.1 Å². The summed E-state index contributed by atoms with van der Waals surface area (Å²) in [6.07, 6.45) is 3.54. The second-order valence-corrected chi connectivity index (χ2v) is 6.28. The molecule has 0 aliphatic carbocycles. The molecule has 1 aromatic carbocycles. The van der Waals surface area contributed by atoms with Crippen LogP contribution in [0.2, 0.25) is 0 Å². The van der Waals surface area contributed by atoms with E-state index in [0.717, 1.165) is 5.56 Å². The fourth-order valence-corrected chi connectivity index (χ4v) is 2.79. The van der Waals surface area contributed by atoms with Crippen LogP contribution in [0.15, 0.2) is 60.2 Å². The molecule has 0 aliphatic rings. The maximum Gasteiger partial charge on any atom is 0.338 e. The highest BCUT2D eigenvalue weighted by Crippen LogP contribution is 2.09. The standard InChI is InChI=1S/C18H15N3O4S/c22-16(20-17(23)15-3-1-10-26-15)12-25-18(24)14-6-4-13(5-7-14)11-21-9-2-8-19-21/h1-10H,11-12H2,(H,20,22,23). The van der Waals surface area contributed by atoms with E-state index in [1.54, 1.807) is 52.7 Å². The van der Waals surface area contributed by atoms with E-state index in [-0.39, 0.29) is 0 Å². The Morgan fingerprint density at radius 1 is 1.12 bits per heavy atom. The summed E-state index contributed by atoms with van der Waals surface area (Å²) in [5.74, 6) is -1.81. The number of amides is 2. The summed E-state index contributed by atoms with van der Waals surface area (Å²) < 4.78 is 6.70. The molecule has 0 unspecified atom stereocenters. The molecule has 2 amide bonds. The van der Waals surface area contributed by atoms with Gasteiger partial charge >= 0.3 is 5.97 Å². The molecule has 2 aromatic heterocycles. The molecular formula is C18H15N3O4S. The van der Waals surface area contributed by atoms with Gasteiger partial charge in [0.05, 0.1) is 17.0 Å². The summed E-state index contributed by atoms with van der Waals surface area (Å²) >= 11 is 1.22. The van der Waals surface area contributed by atoms with Gasteiger partial charge in [-0.3, -0.25) is 19.6 Å². The largest absolute Gasteiger partial charge is 0.452 e. The molecule has 1 N–H and O–H groups in total. The van der Waals surface area contributed by atoms with Crippen LogP contribution in [-0.4, -0.2) is 34.2 Å². The average molecular weight is 369 g/mol. The van der Waals surface area contributed by atoms with Gasteiger partial charge in [-0.25, -0.2) is 4.79 Å². The zero-order valence-corrected chi connectivity index (χ0v) is 14.4. The van der Waals surface area contributed by atoms with E-state index in [0.29, 0.717) is 17.0 Å². The summed E-state index contributed by atoms with van der Waals surface area (Å²) in [5, 5.41) is 8.01. The van der Waals surface area contributed by atoms with Gasteiger partial charge in [0, 0.05) is 12.4 Å². The van der Waals surface area contributed by atoms with Crippen molar-refractivity contribution in [1.29, 1.82) is 0 Å². The van der Waals surface area contributed by atoms with Gasteiger partial charge in [-0.05, 0) is 35.2 Å². The zero-order valence-electron chi connectivity index (χ0n) is 13.6. The Balaban J connectivity index is 1.48. The van der Waals surface area contributed by atoms with E-state index in [1.165, 1.54) is 11.3 Å². The molecule has 0 saturated carbocycles. The molecule has 7 nitrogen and oxygen atoms in total. The van der Waals surface area contributed by atoms with Crippen molar-refractivity contribution in [3.05, 3.63) is 76.2 Å². The smallest absolute Gasteiger partial charge is 0.338 e. The minimum atomic E-state index is -0.674. The molecule has 0 bridgehead atoms. The highest BCUT2D eigenvalue weighted by Gasteiger charge is 2.14. The van der Waals surface area contributed by atoms with Crippen molar-refractivity contribution in [2.24, 2.45) is 0 Å². The molecule has 0 saturated heterocycles. The third-order valence-corrected chi connectivity index (χ3v) is 4.29. The van der Waals surface area contributed by atoms with Crippen LogP contribution >= 0.6 is 11.3 Å². The monoisotopic (exact) mass is 369 g/mol. The van der Waals surface area contributed by atoms with E-state index in [2.05, 4.69) is 10.4 Å². The number of nitrogens with one attached hydrogen (secondary N) is 1. The lowest BCUT2D eigenvalue weighted by atomic mass is 10.1. The second-order valence-electron chi connectivity index (χ2n) is 5.33. The number of aromatic nitrogens is 2. The van der Waals surface area contributed by atoms with E-state index < -0.39 is 24.4 Å². The fraction of sp³-hybridized carbons (Fsp3) is 0.111.